The lowest BCUT2D eigenvalue weighted by molar-refractivity contribution is 0.286. The normalized spacial score (nSPS) is 30.4. The lowest BCUT2D eigenvalue weighted by atomic mass is 9.88. The van der Waals surface area contributed by atoms with Gasteiger partial charge in [-0.3, -0.25) is 0 Å². The number of piperidine rings is 1. The molecule has 0 bridgehead atoms. The quantitative estimate of drug-likeness (QED) is 0.850. The molecule has 1 heterocycles. The first kappa shape index (κ1) is 14.4. The van der Waals surface area contributed by atoms with Crippen molar-refractivity contribution < 1.29 is 0 Å². The summed E-state index contributed by atoms with van der Waals surface area (Å²) >= 11 is 3.59. The van der Waals surface area contributed by atoms with Crippen LogP contribution in [-0.4, -0.2) is 18.6 Å². The first-order valence-electron chi connectivity index (χ1n) is 8.00. The van der Waals surface area contributed by atoms with E-state index in [2.05, 4.69) is 51.7 Å². The molecule has 0 aromatic heterocycles. The van der Waals surface area contributed by atoms with E-state index < -0.39 is 0 Å². The molecule has 1 saturated carbocycles. The summed E-state index contributed by atoms with van der Waals surface area (Å²) in [6.45, 7) is 3.40. The summed E-state index contributed by atoms with van der Waals surface area (Å²) in [4.78, 5) is 0. The molecular weight excluding hydrogens is 312 g/mol. The number of anilines is 1. The van der Waals surface area contributed by atoms with E-state index in [9.17, 15) is 0 Å². The first-order valence-corrected chi connectivity index (χ1v) is 8.79. The average Bonchev–Trinajstić information content (AvgIpc) is 2.92. The second kappa shape index (κ2) is 6.48. The number of benzene rings is 1. The lowest BCUT2D eigenvalue weighted by Gasteiger charge is -2.33. The fourth-order valence-corrected chi connectivity index (χ4v) is 4.20. The average molecular weight is 337 g/mol. The second-order valence-corrected chi connectivity index (χ2v) is 7.28. The molecule has 1 saturated heterocycles. The Kier molecular flexibility index (Phi) is 4.67. The standard InChI is InChI=1S/C17H25BrN2/c1-12-8-9-13(18)11-17(12)20-16-7-4-5-14(16)15-6-2-3-10-19-15/h8-9,11,14-16,19-20H,2-7,10H2,1H3. The van der Waals surface area contributed by atoms with Gasteiger partial charge in [0.1, 0.15) is 0 Å². The van der Waals surface area contributed by atoms with Crippen molar-refractivity contribution in [2.45, 2.75) is 57.5 Å². The highest BCUT2D eigenvalue weighted by atomic mass is 79.9. The summed E-state index contributed by atoms with van der Waals surface area (Å²) in [5, 5.41) is 7.58. The smallest absolute Gasteiger partial charge is 0.0383 e. The van der Waals surface area contributed by atoms with E-state index in [1.165, 1.54) is 56.3 Å². The van der Waals surface area contributed by atoms with Crippen LogP contribution in [0.2, 0.25) is 0 Å². The van der Waals surface area contributed by atoms with E-state index in [0.717, 1.165) is 16.4 Å². The maximum absolute atomic E-state index is 3.83. The molecule has 1 aromatic carbocycles. The van der Waals surface area contributed by atoms with E-state index in [1.54, 1.807) is 0 Å². The molecule has 0 amide bonds. The molecule has 3 rings (SSSR count). The molecular formula is C17H25BrN2. The molecule has 2 N–H and O–H groups in total. The topological polar surface area (TPSA) is 24.1 Å². The highest BCUT2D eigenvalue weighted by molar-refractivity contribution is 9.10. The molecule has 1 aliphatic heterocycles. The molecule has 3 unspecified atom stereocenters. The van der Waals surface area contributed by atoms with Crippen molar-refractivity contribution >= 4 is 21.6 Å². The zero-order chi connectivity index (χ0) is 13.9. The van der Waals surface area contributed by atoms with E-state index in [4.69, 9.17) is 0 Å². The summed E-state index contributed by atoms with van der Waals surface area (Å²) in [5.41, 5.74) is 2.64. The van der Waals surface area contributed by atoms with Crippen LogP contribution >= 0.6 is 15.9 Å². The predicted octanol–water partition coefficient (Wildman–Crippen LogP) is 4.48. The number of hydrogen-bond donors (Lipinski definition) is 2. The fourth-order valence-electron chi connectivity index (χ4n) is 3.84. The van der Waals surface area contributed by atoms with Crippen LogP contribution in [0.15, 0.2) is 22.7 Å². The van der Waals surface area contributed by atoms with Gasteiger partial charge in [-0.25, -0.2) is 0 Å². The molecule has 3 heteroatoms. The van der Waals surface area contributed by atoms with Crippen molar-refractivity contribution in [3.63, 3.8) is 0 Å². The van der Waals surface area contributed by atoms with E-state index >= 15 is 0 Å². The minimum absolute atomic E-state index is 0.638. The monoisotopic (exact) mass is 336 g/mol. The predicted molar refractivity (Wildman–Crippen MR) is 89.3 cm³/mol. The van der Waals surface area contributed by atoms with E-state index in [0.29, 0.717) is 6.04 Å². The summed E-state index contributed by atoms with van der Waals surface area (Å²) in [6.07, 6.45) is 8.17. The summed E-state index contributed by atoms with van der Waals surface area (Å²) < 4.78 is 1.16. The molecule has 1 aliphatic carbocycles. The van der Waals surface area contributed by atoms with Crippen LogP contribution in [0, 0.1) is 12.8 Å². The van der Waals surface area contributed by atoms with Gasteiger partial charge in [-0.05, 0) is 62.8 Å². The van der Waals surface area contributed by atoms with Crippen LogP contribution in [0.3, 0.4) is 0 Å². The third-order valence-corrected chi connectivity index (χ3v) is 5.47. The number of aryl methyl sites for hydroxylation is 1. The van der Waals surface area contributed by atoms with Gasteiger partial charge in [-0.15, -0.1) is 0 Å². The van der Waals surface area contributed by atoms with Crippen molar-refractivity contribution in [3.05, 3.63) is 28.2 Å². The first-order chi connectivity index (χ1) is 9.74. The SMILES string of the molecule is Cc1ccc(Br)cc1NC1CCCC1C1CCCCN1. The van der Waals surface area contributed by atoms with Crippen LogP contribution < -0.4 is 10.6 Å². The van der Waals surface area contributed by atoms with Crippen molar-refractivity contribution in [1.82, 2.24) is 5.32 Å². The summed E-state index contributed by atoms with van der Waals surface area (Å²) in [7, 11) is 0. The van der Waals surface area contributed by atoms with Crippen LogP contribution in [0.4, 0.5) is 5.69 Å². The van der Waals surface area contributed by atoms with Gasteiger partial charge in [0.25, 0.3) is 0 Å². The molecule has 2 nitrogen and oxygen atoms in total. The van der Waals surface area contributed by atoms with E-state index in [-0.39, 0.29) is 0 Å². The van der Waals surface area contributed by atoms with Gasteiger partial charge >= 0.3 is 0 Å². The zero-order valence-electron chi connectivity index (χ0n) is 12.3. The molecule has 0 spiro atoms. The number of halogens is 1. The highest BCUT2D eigenvalue weighted by Crippen LogP contribution is 2.34. The van der Waals surface area contributed by atoms with Gasteiger partial charge < -0.3 is 10.6 Å². The Bertz CT molecular complexity index is 454. The molecule has 110 valence electrons. The minimum Gasteiger partial charge on any atom is -0.382 e. The van der Waals surface area contributed by atoms with Gasteiger partial charge in [0.15, 0.2) is 0 Å². The van der Waals surface area contributed by atoms with Crippen LogP contribution in [0.25, 0.3) is 0 Å². The van der Waals surface area contributed by atoms with E-state index in [1.807, 2.05) is 0 Å². The van der Waals surface area contributed by atoms with Crippen LogP contribution in [0.1, 0.15) is 44.1 Å². The lowest BCUT2D eigenvalue weighted by Crippen LogP contribution is -2.44. The third kappa shape index (κ3) is 3.20. The van der Waals surface area contributed by atoms with Crippen molar-refractivity contribution in [2.75, 3.05) is 11.9 Å². The van der Waals surface area contributed by atoms with Gasteiger partial charge in [-0.1, -0.05) is 34.8 Å². The summed E-state index contributed by atoms with van der Waals surface area (Å²) in [6, 6.07) is 7.90. The van der Waals surface area contributed by atoms with Crippen LogP contribution in [0.5, 0.6) is 0 Å². The third-order valence-electron chi connectivity index (χ3n) is 4.98. The highest BCUT2D eigenvalue weighted by Gasteiger charge is 2.34. The Hall–Kier alpha value is -0.540. The Morgan fingerprint density at radius 2 is 2.05 bits per heavy atom. The maximum Gasteiger partial charge on any atom is 0.0383 e. The largest absolute Gasteiger partial charge is 0.382 e. The van der Waals surface area contributed by atoms with Crippen molar-refractivity contribution in [3.8, 4) is 0 Å². The second-order valence-electron chi connectivity index (χ2n) is 6.36. The Morgan fingerprint density at radius 3 is 2.85 bits per heavy atom. The molecule has 2 fully saturated rings. The Balaban J connectivity index is 1.70. The van der Waals surface area contributed by atoms with Gasteiger partial charge in [0.05, 0.1) is 0 Å². The molecule has 3 atom stereocenters. The molecule has 20 heavy (non-hydrogen) atoms. The van der Waals surface area contributed by atoms with Gasteiger partial charge in [0, 0.05) is 22.2 Å². The van der Waals surface area contributed by atoms with Crippen molar-refractivity contribution in [1.29, 1.82) is 0 Å². The Morgan fingerprint density at radius 1 is 1.15 bits per heavy atom. The number of hydrogen-bond acceptors (Lipinski definition) is 2. The van der Waals surface area contributed by atoms with Gasteiger partial charge in [0.2, 0.25) is 0 Å². The summed E-state index contributed by atoms with van der Waals surface area (Å²) in [5.74, 6) is 0.800. The van der Waals surface area contributed by atoms with Crippen molar-refractivity contribution in [2.24, 2.45) is 5.92 Å². The van der Waals surface area contributed by atoms with Crippen LogP contribution in [-0.2, 0) is 0 Å². The molecule has 2 aliphatic rings. The Labute approximate surface area is 130 Å². The number of rotatable bonds is 3. The van der Waals surface area contributed by atoms with Gasteiger partial charge in [-0.2, -0.15) is 0 Å². The number of nitrogens with one attached hydrogen (secondary N) is 2. The molecule has 1 aromatic rings. The molecule has 0 radical (unpaired) electrons. The minimum atomic E-state index is 0.638. The zero-order valence-corrected chi connectivity index (χ0v) is 13.9. The maximum atomic E-state index is 3.83. The fraction of sp³-hybridized carbons (Fsp3) is 0.647.